The lowest BCUT2D eigenvalue weighted by Gasteiger charge is -2.30. The molecule has 54 heavy (non-hydrogen) atoms. The quantitative estimate of drug-likeness (QED) is 0.166. The Morgan fingerprint density at radius 1 is 0.315 bits per heavy atom. The maximum atomic E-state index is 6.50. The van der Waals surface area contributed by atoms with Crippen molar-refractivity contribution in [2.75, 3.05) is 4.90 Å². The van der Waals surface area contributed by atoms with E-state index < -0.39 is 0 Å². The largest absolute Gasteiger partial charge is 0.456 e. The van der Waals surface area contributed by atoms with Crippen LogP contribution in [0, 0.1) is 0 Å². The highest BCUT2D eigenvalue weighted by molar-refractivity contribution is 6.16. The molecule has 2 heteroatoms. The maximum absolute atomic E-state index is 6.50. The van der Waals surface area contributed by atoms with Crippen molar-refractivity contribution in [2.24, 2.45) is 0 Å². The summed E-state index contributed by atoms with van der Waals surface area (Å²) in [4.78, 5) is 2.42. The van der Waals surface area contributed by atoms with Gasteiger partial charge in [-0.05, 0) is 92.7 Å². The predicted octanol–water partition coefficient (Wildman–Crippen LogP) is 14.9. The molecule has 0 aliphatic carbocycles. The van der Waals surface area contributed by atoms with E-state index in [2.05, 4.69) is 217 Å². The summed E-state index contributed by atoms with van der Waals surface area (Å²) in [7, 11) is 0. The van der Waals surface area contributed by atoms with Crippen LogP contribution in [0.5, 0.6) is 0 Å². The third kappa shape index (κ3) is 5.62. The first kappa shape index (κ1) is 31.6. The average Bonchev–Trinajstić information content (AvgIpc) is 3.62. The van der Waals surface area contributed by atoms with Crippen molar-refractivity contribution in [3.8, 4) is 44.5 Å². The van der Waals surface area contributed by atoms with E-state index in [-0.39, 0.29) is 0 Å². The van der Waals surface area contributed by atoms with Crippen LogP contribution in [-0.4, -0.2) is 0 Å². The fourth-order valence-electron chi connectivity index (χ4n) is 7.87. The topological polar surface area (TPSA) is 16.4 Å². The number of benzene rings is 9. The number of hydrogen-bond donors (Lipinski definition) is 0. The van der Waals surface area contributed by atoms with Gasteiger partial charge in [0.15, 0.2) is 0 Å². The first-order valence-corrected chi connectivity index (χ1v) is 18.4. The lowest BCUT2D eigenvalue weighted by Crippen LogP contribution is -2.12. The molecule has 0 radical (unpaired) electrons. The van der Waals surface area contributed by atoms with E-state index in [4.69, 9.17) is 4.42 Å². The van der Waals surface area contributed by atoms with E-state index in [1.807, 2.05) is 0 Å². The molecule has 0 atom stereocenters. The van der Waals surface area contributed by atoms with Crippen molar-refractivity contribution in [1.82, 2.24) is 0 Å². The molecule has 0 N–H and O–H groups in total. The highest BCUT2D eigenvalue weighted by Crippen LogP contribution is 2.47. The summed E-state index contributed by atoms with van der Waals surface area (Å²) in [5.41, 5.74) is 14.3. The van der Waals surface area contributed by atoms with Gasteiger partial charge >= 0.3 is 0 Å². The highest BCUT2D eigenvalue weighted by Gasteiger charge is 2.22. The molecule has 0 fully saturated rings. The van der Waals surface area contributed by atoms with Crippen LogP contribution in [-0.2, 0) is 0 Å². The maximum Gasteiger partial charge on any atom is 0.136 e. The summed E-state index contributed by atoms with van der Waals surface area (Å²) in [6.07, 6.45) is 0. The Kier molecular flexibility index (Phi) is 7.85. The third-order valence-corrected chi connectivity index (χ3v) is 10.5. The number of anilines is 3. The zero-order valence-electron chi connectivity index (χ0n) is 29.6. The third-order valence-electron chi connectivity index (χ3n) is 10.5. The molecule has 0 aliphatic heterocycles. The minimum atomic E-state index is 0.889. The van der Waals surface area contributed by atoms with Gasteiger partial charge in [-0.25, -0.2) is 0 Å². The average molecular weight is 690 g/mol. The molecule has 10 rings (SSSR count). The van der Waals surface area contributed by atoms with Gasteiger partial charge in [-0.15, -0.1) is 0 Å². The molecular weight excluding hydrogens is 655 g/mol. The summed E-state index contributed by atoms with van der Waals surface area (Å²) in [5, 5.41) is 4.64. The molecule has 0 amide bonds. The van der Waals surface area contributed by atoms with Crippen molar-refractivity contribution in [3.05, 3.63) is 212 Å². The van der Waals surface area contributed by atoms with Gasteiger partial charge in [-0.2, -0.15) is 0 Å². The van der Waals surface area contributed by atoms with Crippen LogP contribution in [0.4, 0.5) is 17.1 Å². The Labute approximate surface area is 314 Å². The van der Waals surface area contributed by atoms with E-state index >= 15 is 0 Å². The van der Waals surface area contributed by atoms with Crippen LogP contribution in [0.3, 0.4) is 0 Å². The van der Waals surface area contributed by atoms with Gasteiger partial charge in [0, 0.05) is 27.6 Å². The normalized spacial score (nSPS) is 11.3. The molecule has 2 nitrogen and oxygen atoms in total. The molecule has 0 unspecified atom stereocenters. The molecule has 10 aromatic rings. The smallest absolute Gasteiger partial charge is 0.136 e. The Balaban J connectivity index is 1.21. The second kappa shape index (κ2) is 13.4. The molecular formula is C52H35NO. The Hall–Kier alpha value is -7.16. The zero-order chi connectivity index (χ0) is 35.8. The van der Waals surface area contributed by atoms with Gasteiger partial charge in [0.05, 0.1) is 11.4 Å². The van der Waals surface area contributed by atoms with E-state index in [0.29, 0.717) is 0 Å². The number of fused-ring (bicyclic) bond motifs is 4. The Morgan fingerprint density at radius 3 is 1.57 bits per heavy atom. The summed E-state index contributed by atoms with van der Waals surface area (Å²) in [6.45, 7) is 0. The van der Waals surface area contributed by atoms with Crippen LogP contribution in [0.2, 0.25) is 0 Å². The van der Waals surface area contributed by atoms with Gasteiger partial charge in [-0.1, -0.05) is 164 Å². The minimum absolute atomic E-state index is 0.889. The van der Waals surface area contributed by atoms with Crippen LogP contribution >= 0.6 is 0 Å². The van der Waals surface area contributed by atoms with Crippen LogP contribution in [0.1, 0.15) is 0 Å². The molecule has 0 saturated heterocycles. The zero-order valence-corrected chi connectivity index (χ0v) is 29.6. The number of rotatable bonds is 7. The van der Waals surface area contributed by atoms with Gasteiger partial charge < -0.3 is 9.32 Å². The molecule has 9 aromatic carbocycles. The molecule has 0 aliphatic rings. The SMILES string of the molecule is c1ccc(-c2ccc(N(c3ccccc3-c3ccccc3)c3ccc(-c4cccc5oc6cc7ccccc7cc6c45)cc3-c3ccccc3)cc2)cc1. The fraction of sp³-hybridized carbons (Fsp3) is 0. The van der Waals surface area contributed by atoms with Crippen molar-refractivity contribution >= 4 is 49.8 Å². The van der Waals surface area contributed by atoms with E-state index in [1.54, 1.807) is 0 Å². The standard InChI is InChI=1S/C52H35NO/c1-4-15-36(16-5-1)37-27-30-43(31-28-37)53(48-25-13-12-23-44(48)38-17-6-2-7-18-38)49-32-29-42(34-46(49)39-19-8-3-9-20-39)45-24-14-26-50-52(45)47-33-40-21-10-11-22-41(40)35-51(47)54-50/h1-35H. The Morgan fingerprint density at radius 2 is 0.852 bits per heavy atom. The second-order valence-electron chi connectivity index (χ2n) is 13.7. The number of furan rings is 1. The van der Waals surface area contributed by atoms with E-state index in [0.717, 1.165) is 66.8 Å². The monoisotopic (exact) mass is 689 g/mol. The molecule has 0 bridgehead atoms. The van der Waals surface area contributed by atoms with Gasteiger partial charge in [0.2, 0.25) is 0 Å². The van der Waals surface area contributed by atoms with Gasteiger partial charge in [0.1, 0.15) is 11.2 Å². The van der Waals surface area contributed by atoms with Gasteiger partial charge in [-0.3, -0.25) is 0 Å². The fourth-order valence-corrected chi connectivity index (χ4v) is 7.87. The summed E-state index contributed by atoms with van der Waals surface area (Å²) in [5.74, 6) is 0. The van der Waals surface area contributed by atoms with Crippen molar-refractivity contribution < 1.29 is 4.42 Å². The first-order valence-electron chi connectivity index (χ1n) is 18.4. The molecule has 1 heterocycles. The minimum Gasteiger partial charge on any atom is -0.456 e. The molecule has 0 saturated carbocycles. The van der Waals surface area contributed by atoms with Crippen LogP contribution in [0.25, 0.3) is 77.2 Å². The first-order chi connectivity index (χ1) is 26.8. The number of para-hydroxylation sites is 1. The molecule has 1 aromatic heterocycles. The second-order valence-corrected chi connectivity index (χ2v) is 13.7. The lowest BCUT2D eigenvalue weighted by molar-refractivity contribution is 0.669. The highest BCUT2D eigenvalue weighted by atomic mass is 16.3. The summed E-state index contributed by atoms with van der Waals surface area (Å²) in [6, 6.07) is 75.9. The Bertz CT molecular complexity index is 2910. The van der Waals surface area contributed by atoms with Crippen molar-refractivity contribution in [3.63, 3.8) is 0 Å². The van der Waals surface area contributed by atoms with E-state index in [1.165, 1.54) is 27.5 Å². The molecule has 254 valence electrons. The van der Waals surface area contributed by atoms with Crippen LogP contribution < -0.4 is 4.90 Å². The van der Waals surface area contributed by atoms with Crippen LogP contribution in [0.15, 0.2) is 217 Å². The predicted molar refractivity (Wildman–Crippen MR) is 228 cm³/mol. The van der Waals surface area contributed by atoms with Gasteiger partial charge in [0.25, 0.3) is 0 Å². The van der Waals surface area contributed by atoms with Crippen molar-refractivity contribution in [2.45, 2.75) is 0 Å². The summed E-state index contributed by atoms with van der Waals surface area (Å²) >= 11 is 0. The number of nitrogens with zero attached hydrogens (tertiary/aromatic N) is 1. The van der Waals surface area contributed by atoms with E-state index in [9.17, 15) is 0 Å². The number of hydrogen-bond acceptors (Lipinski definition) is 2. The summed E-state index contributed by atoms with van der Waals surface area (Å²) < 4.78 is 6.50. The van der Waals surface area contributed by atoms with Crippen molar-refractivity contribution in [1.29, 1.82) is 0 Å². The lowest BCUT2D eigenvalue weighted by atomic mass is 9.93. The molecule has 0 spiro atoms.